The number of halogens is 3. The minimum Gasteiger partial charge on any atom is -0.370 e. The predicted octanol–water partition coefficient (Wildman–Crippen LogP) is 2.29. The average Bonchev–Trinajstić information content (AvgIpc) is 2.81. The van der Waals surface area contributed by atoms with Crippen molar-refractivity contribution in [2.24, 2.45) is 5.92 Å². The lowest BCUT2D eigenvalue weighted by Gasteiger charge is -2.14. The first-order valence-corrected chi connectivity index (χ1v) is 7.01. The molecule has 1 saturated heterocycles. The first kappa shape index (κ1) is 15.8. The lowest BCUT2D eigenvalue weighted by molar-refractivity contribution is -0.144. The molecule has 5 nitrogen and oxygen atoms in total. The molecular formula is C13H20F3N5. The van der Waals surface area contributed by atoms with Crippen LogP contribution >= 0.6 is 0 Å². The minimum atomic E-state index is -4.55. The summed E-state index contributed by atoms with van der Waals surface area (Å²) >= 11 is 0. The summed E-state index contributed by atoms with van der Waals surface area (Å²) in [5.74, 6) is -0.289. The van der Waals surface area contributed by atoms with Crippen LogP contribution in [-0.2, 0) is 6.18 Å². The predicted molar refractivity (Wildman–Crippen MR) is 75.3 cm³/mol. The third kappa shape index (κ3) is 4.45. The molecule has 1 fully saturated rings. The molecule has 0 spiro atoms. The Morgan fingerprint density at radius 1 is 1.29 bits per heavy atom. The summed E-state index contributed by atoms with van der Waals surface area (Å²) in [6, 6.07) is 1.51. The number of nitrogens with zero attached hydrogens (tertiary/aromatic N) is 3. The van der Waals surface area contributed by atoms with Crippen molar-refractivity contribution >= 4 is 11.6 Å². The second-order valence-corrected chi connectivity index (χ2v) is 5.29. The van der Waals surface area contributed by atoms with Crippen molar-refractivity contribution in [3.05, 3.63) is 11.9 Å². The normalized spacial score (nSPS) is 19.8. The standard InChI is InChI=1S/C13H20F3N5/c1-3-17-10-6-11(20-12(19-10)13(14,15)16)18-7-9-4-5-21(2)8-9/h6,9H,3-5,7-8H2,1-2H3,(H2,17,18,19,20). The zero-order valence-electron chi connectivity index (χ0n) is 12.2. The third-order valence-electron chi connectivity index (χ3n) is 3.40. The first-order chi connectivity index (χ1) is 9.88. The molecule has 1 aromatic heterocycles. The van der Waals surface area contributed by atoms with E-state index in [-0.39, 0.29) is 11.6 Å². The van der Waals surface area contributed by atoms with E-state index in [0.717, 1.165) is 19.5 Å². The molecule has 1 aliphatic rings. The van der Waals surface area contributed by atoms with E-state index >= 15 is 0 Å². The maximum atomic E-state index is 12.8. The third-order valence-corrected chi connectivity index (χ3v) is 3.40. The van der Waals surface area contributed by atoms with Crippen LogP contribution in [0.5, 0.6) is 0 Å². The molecule has 1 aliphatic heterocycles. The zero-order valence-corrected chi connectivity index (χ0v) is 12.2. The van der Waals surface area contributed by atoms with Crippen molar-refractivity contribution in [2.75, 3.05) is 43.9 Å². The van der Waals surface area contributed by atoms with Gasteiger partial charge in [-0.05, 0) is 32.9 Å². The summed E-state index contributed by atoms with van der Waals surface area (Å²) in [7, 11) is 2.04. The molecule has 2 N–H and O–H groups in total. The molecule has 0 amide bonds. The van der Waals surface area contributed by atoms with Crippen LogP contribution in [0.2, 0.25) is 0 Å². The van der Waals surface area contributed by atoms with E-state index in [0.29, 0.717) is 19.0 Å². The summed E-state index contributed by atoms with van der Waals surface area (Å²) < 4.78 is 38.4. The van der Waals surface area contributed by atoms with E-state index < -0.39 is 12.0 Å². The summed E-state index contributed by atoms with van der Waals surface area (Å²) in [6.07, 6.45) is -3.50. The smallest absolute Gasteiger partial charge is 0.370 e. The second kappa shape index (κ2) is 6.46. The highest BCUT2D eigenvalue weighted by Crippen LogP contribution is 2.28. The van der Waals surface area contributed by atoms with Gasteiger partial charge in [0.15, 0.2) is 0 Å². The number of hydrogen-bond donors (Lipinski definition) is 2. The summed E-state index contributed by atoms with van der Waals surface area (Å²) in [5.41, 5.74) is 0. The van der Waals surface area contributed by atoms with Crippen LogP contribution in [0.15, 0.2) is 6.07 Å². The summed E-state index contributed by atoms with van der Waals surface area (Å²) in [5, 5.41) is 5.80. The van der Waals surface area contributed by atoms with E-state index in [1.165, 1.54) is 6.07 Å². The molecule has 2 heterocycles. The Bertz CT molecular complexity index is 477. The molecule has 1 unspecified atom stereocenters. The van der Waals surface area contributed by atoms with Crippen LogP contribution in [0, 0.1) is 5.92 Å². The van der Waals surface area contributed by atoms with Crippen LogP contribution in [-0.4, -0.2) is 48.1 Å². The molecule has 0 saturated carbocycles. The summed E-state index contributed by atoms with van der Waals surface area (Å²) in [6.45, 7) is 4.89. The highest BCUT2D eigenvalue weighted by Gasteiger charge is 2.35. The van der Waals surface area contributed by atoms with Gasteiger partial charge in [-0.25, -0.2) is 9.97 Å². The van der Waals surface area contributed by atoms with Gasteiger partial charge in [-0.1, -0.05) is 0 Å². The maximum absolute atomic E-state index is 12.8. The lowest BCUT2D eigenvalue weighted by atomic mass is 10.1. The molecule has 0 aromatic carbocycles. The number of rotatable bonds is 5. The quantitative estimate of drug-likeness (QED) is 0.874. The van der Waals surface area contributed by atoms with Crippen LogP contribution < -0.4 is 10.6 Å². The Labute approximate surface area is 122 Å². The van der Waals surface area contributed by atoms with Crippen LogP contribution in [0.3, 0.4) is 0 Å². The molecular weight excluding hydrogens is 283 g/mol. The fourth-order valence-corrected chi connectivity index (χ4v) is 2.38. The Morgan fingerprint density at radius 2 is 1.95 bits per heavy atom. The zero-order chi connectivity index (χ0) is 15.5. The fourth-order valence-electron chi connectivity index (χ4n) is 2.38. The highest BCUT2D eigenvalue weighted by atomic mass is 19.4. The van der Waals surface area contributed by atoms with Gasteiger partial charge in [-0.2, -0.15) is 13.2 Å². The van der Waals surface area contributed by atoms with Gasteiger partial charge in [-0.3, -0.25) is 0 Å². The molecule has 118 valence electrons. The largest absolute Gasteiger partial charge is 0.451 e. The Kier molecular flexibility index (Phi) is 4.87. The van der Waals surface area contributed by atoms with Crippen molar-refractivity contribution in [3.8, 4) is 0 Å². The van der Waals surface area contributed by atoms with E-state index in [9.17, 15) is 13.2 Å². The van der Waals surface area contributed by atoms with Gasteiger partial charge in [-0.15, -0.1) is 0 Å². The van der Waals surface area contributed by atoms with Gasteiger partial charge in [0, 0.05) is 25.7 Å². The molecule has 0 aliphatic carbocycles. The average molecular weight is 303 g/mol. The molecule has 8 heteroatoms. The minimum absolute atomic E-state index is 0.186. The van der Waals surface area contributed by atoms with Crippen molar-refractivity contribution in [2.45, 2.75) is 19.5 Å². The topological polar surface area (TPSA) is 53.1 Å². The van der Waals surface area contributed by atoms with E-state index in [2.05, 4.69) is 25.5 Å². The number of hydrogen-bond acceptors (Lipinski definition) is 5. The summed E-state index contributed by atoms with van der Waals surface area (Å²) in [4.78, 5) is 9.26. The Morgan fingerprint density at radius 3 is 2.48 bits per heavy atom. The van der Waals surface area contributed by atoms with Crippen molar-refractivity contribution in [1.29, 1.82) is 0 Å². The van der Waals surface area contributed by atoms with Gasteiger partial charge in [0.2, 0.25) is 5.82 Å². The lowest BCUT2D eigenvalue weighted by Crippen LogP contribution is -2.21. The fraction of sp³-hybridized carbons (Fsp3) is 0.692. The van der Waals surface area contributed by atoms with Crippen LogP contribution in [0.4, 0.5) is 24.8 Å². The second-order valence-electron chi connectivity index (χ2n) is 5.29. The van der Waals surface area contributed by atoms with Gasteiger partial charge in [0.1, 0.15) is 11.6 Å². The number of anilines is 2. The molecule has 1 atom stereocenters. The van der Waals surface area contributed by atoms with Gasteiger partial charge < -0.3 is 15.5 Å². The molecule has 1 aromatic rings. The Hall–Kier alpha value is -1.57. The first-order valence-electron chi connectivity index (χ1n) is 7.01. The molecule has 0 radical (unpaired) electrons. The number of nitrogens with one attached hydrogen (secondary N) is 2. The number of alkyl halides is 3. The van der Waals surface area contributed by atoms with Crippen molar-refractivity contribution in [3.63, 3.8) is 0 Å². The molecule has 0 bridgehead atoms. The maximum Gasteiger partial charge on any atom is 0.451 e. The van der Waals surface area contributed by atoms with E-state index in [4.69, 9.17) is 0 Å². The van der Waals surface area contributed by atoms with Crippen molar-refractivity contribution < 1.29 is 13.2 Å². The Balaban J connectivity index is 2.08. The van der Waals surface area contributed by atoms with Gasteiger partial charge >= 0.3 is 6.18 Å². The van der Waals surface area contributed by atoms with E-state index in [1.807, 2.05) is 7.05 Å². The van der Waals surface area contributed by atoms with Gasteiger partial charge in [0.25, 0.3) is 0 Å². The monoisotopic (exact) mass is 303 g/mol. The number of likely N-dealkylation sites (tertiary alicyclic amines) is 1. The molecule has 21 heavy (non-hydrogen) atoms. The SMILES string of the molecule is CCNc1cc(NCC2CCN(C)C2)nc(C(F)(F)F)n1. The van der Waals surface area contributed by atoms with Crippen LogP contribution in [0.25, 0.3) is 0 Å². The van der Waals surface area contributed by atoms with Crippen molar-refractivity contribution in [1.82, 2.24) is 14.9 Å². The van der Waals surface area contributed by atoms with Gasteiger partial charge in [0.05, 0.1) is 0 Å². The highest BCUT2D eigenvalue weighted by molar-refractivity contribution is 5.47. The van der Waals surface area contributed by atoms with E-state index in [1.54, 1.807) is 6.92 Å². The number of aromatic nitrogens is 2. The molecule has 2 rings (SSSR count). The van der Waals surface area contributed by atoms with Crippen LogP contribution in [0.1, 0.15) is 19.2 Å².